The Morgan fingerprint density at radius 3 is 2.74 bits per heavy atom. The van der Waals surface area contributed by atoms with Gasteiger partial charge in [-0.15, -0.1) is 0 Å². The molecule has 0 unspecified atom stereocenters. The molecule has 3 nitrogen and oxygen atoms in total. The summed E-state index contributed by atoms with van der Waals surface area (Å²) in [5, 5.41) is 1.59. The van der Waals surface area contributed by atoms with E-state index in [2.05, 4.69) is 33.9 Å². The number of pyridine rings is 1. The second-order valence-corrected chi connectivity index (χ2v) is 5.32. The Morgan fingerprint density at radius 1 is 1.26 bits per heavy atom. The standard InChI is InChI=1S/C14H15BrClNO2/c1-3-9-6-10-7-13(19-5-4-18-2)11(15)8-12(10)17-14(9)16/h6-8H,3-5H2,1-2H3. The highest BCUT2D eigenvalue weighted by Gasteiger charge is 2.08. The van der Waals surface area contributed by atoms with Gasteiger partial charge in [0.25, 0.3) is 0 Å². The van der Waals surface area contributed by atoms with Gasteiger partial charge in [0.2, 0.25) is 0 Å². The Balaban J connectivity index is 2.39. The van der Waals surface area contributed by atoms with E-state index in [4.69, 9.17) is 21.1 Å². The average molecular weight is 345 g/mol. The van der Waals surface area contributed by atoms with E-state index in [9.17, 15) is 0 Å². The van der Waals surface area contributed by atoms with Crippen molar-refractivity contribution in [1.82, 2.24) is 4.98 Å². The first-order valence-corrected chi connectivity index (χ1v) is 7.23. The van der Waals surface area contributed by atoms with Gasteiger partial charge in [0, 0.05) is 12.5 Å². The topological polar surface area (TPSA) is 31.4 Å². The molecule has 1 aromatic heterocycles. The molecule has 0 N–H and O–H groups in total. The van der Waals surface area contributed by atoms with E-state index < -0.39 is 0 Å². The monoisotopic (exact) mass is 343 g/mol. The summed E-state index contributed by atoms with van der Waals surface area (Å²) >= 11 is 9.60. The molecule has 1 heterocycles. The molecule has 5 heteroatoms. The van der Waals surface area contributed by atoms with Crippen LogP contribution in [-0.2, 0) is 11.2 Å². The van der Waals surface area contributed by atoms with Crippen molar-refractivity contribution in [3.8, 4) is 5.75 Å². The van der Waals surface area contributed by atoms with E-state index in [1.54, 1.807) is 7.11 Å². The maximum absolute atomic E-state index is 6.12. The summed E-state index contributed by atoms with van der Waals surface area (Å²) in [6.07, 6.45) is 0.859. The van der Waals surface area contributed by atoms with Crippen molar-refractivity contribution in [2.75, 3.05) is 20.3 Å². The quantitative estimate of drug-likeness (QED) is 0.600. The highest BCUT2D eigenvalue weighted by molar-refractivity contribution is 9.10. The summed E-state index contributed by atoms with van der Waals surface area (Å²) < 4.78 is 11.5. The van der Waals surface area contributed by atoms with E-state index >= 15 is 0 Å². The van der Waals surface area contributed by atoms with Crippen LogP contribution in [0.5, 0.6) is 5.75 Å². The summed E-state index contributed by atoms with van der Waals surface area (Å²) in [6, 6.07) is 5.95. The Kier molecular flexibility index (Phi) is 5.02. The van der Waals surface area contributed by atoms with Crippen molar-refractivity contribution in [2.24, 2.45) is 0 Å². The van der Waals surface area contributed by atoms with Crippen molar-refractivity contribution in [3.63, 3.8) is 0 Å². The third-order valence-electron chi connectivity index (χ3n) is 2.82. The Labute approximate surface area is 126 Å². The van der Waals surface area contributed by atoms with E-state index in [0.29, 0.717) is 18.4 Å². The zero-order valence-corrected chi connectivity index (χ0v) is 13.2. The lowest BCUT2D eigenvalue weighted by Crippen LogP contribution is -2.04. The van der Waals surface area contributed by atoms with Crippen LogP contribution in [0.2, 0.25) is 5.15 Å². The van der Waals surface area contributed by atoms with E-state index in [1.165, 1.54) is 0 Å². The van der Waals surface area contributed by atoms with Crippen LogP contribution in [0.1, 0.15) is 12.5 Å². The molecule has 0 atom stereocenters. The van der Waals surface area contributed by atoms with Crippen LogP contribution in [0.25, 0.3) is 10.9 Å². The molecule has 0 amide bonds. The molecule has 0 spiro atoms. The molecule has 102 valence electrons. The Morgan fingerprint density at radius 2 is 2.05 bits per heavy atom. The molecule has 0 aliphatic carbocycles. The molecule has 0 fully saturated rings. The maximum atomic E-state index is 6.12. The molecular weight excluding hydrogens is 330 g/mol. The Hall–Kier alpha value is -0.840. The van der Waals surface area contributed by atoms with Crippen LogP contribution in [-0.4, -0.2) is 25.3 Å². The first kappa shape index (κ1) is 14.6. The van der Waals surface area contributed by atoms with Gasteiger partial charge in [-0.3, -0.25) is 0 Å². The molecule has 0 saturated heterocycles. The minimum Gasteiger partial charge on any atom is -0.490 e. The molecule has 2 aromatic rings. The Bertz CT molecular complexity index is 589. The molecule has 0 bridgehead atoms. The minimum absolute atomic E-state index is 0.516. The predicted octanol–water partition coefficient (Wildman–Crippen LogP) is 4.24. The molecular formula is C14H15BrClNO2. The second-order valence-electron chi connectivity index (χ2n) is 4.11. The molecule has 0 saturated carbocycles. The third-order valence-corrected chi connectivity index (χ3v) is 3.77. The van der Waals surface area contributed by atoms with Crippen molar-refractivity contribution in [2.45, 2.75) is 13.3 Å². The lowest BCUT2D eigenvalue weighted by atomic mass is 10.1. The molecule has 19 heavy (non-hydrogen) atoms. The van der Waals surface area contributed by atoms with Gasteiger partial charge in [-0.2, -0.15) is 0 Å². The second kappa shape index (κ2) is 6.55. The SMILES string of the molecule is CCc1cc2cc(OCCOC)c(Br)cc2nc1Cl. The number of halogens is 2. The fourth-order valence-corrected chi connectivity index (χ4v) is 2.51. The number of nitrogens with zero attached hydrogens (tertiary/aromatic N) is 1. The number of benzene rings is 1. The van der Waals surface area contributed by atoms with Gasteiger partial charge >= 0.3 is 0 Å². The molecule has 2 rings (SSSR count). The van der Waals surface area contributed by atoms with Crippen molar-refractivity contribution in [1.29, 1.82) is 0 Å². The van der Waals surface area contributed by atoms with Gasteiger partial charge in [0.15, 0.2) is 0 Å². The first-order valence-electron chi connectivity index (χ1n) is 6.06. The smallest absolute Gasteiger partial charge is 0.134 e. The molecule has 0 aliphatic heterocycles. The number of rotatable bonds is 5. The van der Waals surface area contributed by atoms with Gasteiger partial charge in [-0.05, 0) is 46.1 Å². The predicted molar refractivity (Wildman–Crippen MR) is 81.2 cm³/mol. The van der Waals surface area contributed by atoms with E-state index in [-0.39, 0.29) is 0 Å². The summed E-state index contributed by atoms with van der Waals surface area (Å²) in [5.41, 5.74) is 1.90. The fraction of sp³-hybridized carbons (Fsp3) is 0.357. The summed E-state index contributed by atoms with van der Waals surface area (Å²) in [5.74, 6) is 0.788. The normalized spacial score (nSPS) is 10.9. The van der Waals surface area contributed by atoms with Gasteiger partial charge in [0.1, 0.15) is 17.5 Å². The van der Waals surface area contributed by atoms with E-state index in [1.807, 2.05) is 12.1 Å². The largest absolute Gasteiger partial charge is 0.490 e. The van der Waals surface area contributed by atoms with Crippen LogP contribution >= 0.6 is 27.5 Å². The van der Waals surface area contributed by atoms with Crippen LogP contribution < -0.4 is 4.74 Å². The number of fused-ring (bicyclic) bond motifs is 1. The number of ether oxygens (including phenoxy) is 2. The zero-order chi connectivity index (χ0) is 13.8. The molecule has 0 radical (unpaired) electrons. The minimum atomic E-state index is 0.516. The zero-order valence-electron chi connectivity index (χ0n) is 10.9. The van der Waals surface area contributed by atoms with Gasteiger partial charge in [-0.25, -0.2) is 4.98 Å². The number of methoxy groups -OCH3 is 1. The van der Waals surface area contributed by atoms with Gasteiger partial charge in [-0.1, -0.05) is 18.5 Å². The van der Waals surface area contributed by atoms with Crippen LogP contribution in [0.4, 0.5) is 0 Å². The van der Waals surface area contributed by atoms with Gasteiger partial charge in [0.05, 0.1) is 16.6 Å². The van der Waals surface area contributed by atoms with Gasteiger partial charge < -0.3 is 9.47 Å². The number of hydrogen-bond donors (Lipinski definition) is 0. The summed E-state index contributed by atoms with van der Waals surface area (Å²) in [6.45, 7) is 3.13. The first-order chi connectivity index (χ1) is 9.15. The third kappa shape index (κ3) is 3.38. The van der Waals surface area contributed by atoms with Crippen molar-refractivity contribution < 1.29 is 9.47 Å². The molecule has 0 aliphatic rings. The maximum Gasteiger partial charge on any atom is 0.134 e. The van der Waals surface area contributed by atoms with Crippen LogP contribution in [0.15, 0.2) is 22.7 Å². The average Bonchev–Trinajstić information content (AvgIpc) is 2.39. The lowest BCUT2D eigenvalue weighted by molar-refractivity contribution is 0.146. The summed E-state index contributed by atoms with van der Waals surface area (Å²) in [7, 11) is 1.65. The summed E-state index contributed by atoms with van der Waals surface area (Å²) in [4.78, 5) is 4.40. The molecule has 1 aromatic carbocycles. The number of aryl methyl sites for hydroxylation is 1. The highest BCUT2D eigenvalue weighted by atomic mass is 79.9. The van der Waals surface area contributed by atoms with Crippen LogP contribution in [0, 0.1) is 0 Å². The number of aromatic nitrogens is 1. The van der Waals surface area contributed by atoms with Crippen LogP contribution in [0.3, 0.4) is 0 Å². The number of hydrogen-bond acceptors (Lipinski definition) is 3. The van der Waals surface area contributed by atoms with Crippen molar-refractivity contribution >= 4 is 38.4 Å². The van der Waals surface area contributed by atoms with E-state index in [0.717, 1.165) is 33.1 Å². The fourth-order valence-electron chi connectivity index (χ4n) is 1.79. The van der Waals surface area contributed by atoms with Crippen molar-refractivity contribution in [3.05, 3.63) is 33.4 Å². The highest BCUT2D eigenvalue weighted by Crippen LogP contribution is 2.31. The lowest BCUT2D eigenvalue weighted by Gasteiger charge is -2.10.